The number of urea groups is 1. The molecule has 6 heteroatoms. The lowest BCUT2D eigenvalue weighted by Gasteiger charge is -2.24. The molecule has 1 aromatic rings. The number of nitrogens with one attached hydrogen (secondary N) is 1. The second-order valence-electron chi connectivity index (χ2n) is 5.20. The monoisotopic (exact) mass is 313 g/mol. The molecule has 120 valence electrons. The molecule has 2 rings (SSSR count). The minimum absolute atomic E-state index is 0.0509. The summed E-state index contributed by atoms with van der Waals surface area (Å²) in [4.78, 5) is 38.4. The van der Waals surface area contributed by atoms with Crippen molar-refractivity contribution in [3.8, 4) is 0 Å². The van der Waals surface area contributed by atoms with Gasteiger partial charge in [0.1, 0.15) is 5.57 Å². The molecule has 0 spiro atoms. The molecular weight excluding hydrogens is 294 g/mol. The predicted molar refractivity (Wildman–Crippen MR) is 88.8 cm³/mol. The second kappa shape index (κ2) is 6.91. The summed E-state index contributed by atoms with van der Waals surface area (Å²) < 4.78 is 0. The van der Waals surface area contributed by atoms with E-state index in [1.165, 1.54) is 6.08 Å². The molecule has 1 fully saturated rings. The third-order valence-corrected chi connectivity index (χ3v) is 3.46. The first-order valence-electron chi connectivity index (χ1n) is 7.27. The van der Waals surface area contributed by atoms with Crippen molar-refractivity contribution in [2.24, 2.45) is 0 Å². The molecular formula is C17H19N3O3. The lowest BCUT2D eigenvalue weighted by Crippen LogP contribution is -2.53. The Labute approximate surface area is 135 Å². The van der Waals surface area contributed by atoms with E-state index in [0.29, 0.717) is 0 Å². The Balaban J connectivity index is 2.27. The highest BCUT2D eigenvalue weighted by atomic mass is 16.2. The van der Waals surface area contributed by atoms with Crippen molar-refractivity contribution in [2.75, 3.05) is 25.5 Å². The highest BCUT2D eigenvalue weighted by molar-refractivity contribution is 6.28. The number of para-hydroxylation sites is 1. The van der Waals surface area contributed by atoms with Crippen LogP contribution in [0.15, 0.2) is 42.0 Å². The average molecular weight is 313 g/mol. The molecule has 1 saturated heterocycles. The molecule has 0 atom stereocenters. The van der Waals surface area contributed by atoms with Crippen molar-refractivity contribution >= 4 is 29.6 Å². The molecule has 0 aliphatic carbocycles. The van der Waals surface area contributed by atoms with Gasteiger partial charge in [0.25, 0.3) is 11.8 Å². The molecule has 0 bridgehead atoms. The first-order chi connectivity index (χ1) is 11.0. The molecule has 6 nitrogen and oxygen atoms in total. The van der Waals surface area contributed by atoms with Crippen LogP contribution in [0.5, 0.6) is 0 Å². The SMILES string of the molecule is CCN1C(=O)NC(=O)/C(=C\C=C\c2ccccc2N(C)C)C1=O. The zero-order valence-corrected chi connectivity index (χ0v) is 13.4. The largest absolute Gasteiger partial charge is 0.377 e. The quantitative estimate of drug-likeness (QED) is 0.679. The van der Waals surface area contributed by atoms with E-state index in [9.17, 15) is 14.4 Å². The molecule has 23 heavy (non-hydrogen) atoms. The average Bonchev–Trinajstić information content (AvgIpc) is 2.51. The minimum atomic E-state index is -0.679. The van der Waals surface area contributed by atoms with Gasteiger partial charge in [-0.1, -0.05) is 30.4 Å². The number of benzene rings is 1. The fourth-order valence-corrected chi connectivity index (χ4v) is 2.28. The smallest absolute Gasteiger partial charge is 0.331 e. The van der Waals surface area contributed by atoms with Crippen LogP contribution >= 0.6 is 0 Å². The lowest BCUT2D eigenvalue weighted by molar-refractivity contribution is -0.130. The van der Waals surface area contributed by atoms with E-state index in [0.717, 1.165) is 16.2 Å². The van der Waals surface area contributed by atoms with E-state index in [2.05, 4.69) is 5.32 Å². The number of nitrogens with zero attached hydrogens (tertiary/aromatic N) is 2. The standard InChI is InChI=1S/C17H19N3O3/c1-4-20-16(22)13(15(21)18-17(20)23)10-7-9-12-8-5-6-11-14(12)19(2)3/h5-11H,4H2,1-3H3,(H,18,21,23)/b9-7+,13-10+. The van der Waals surface area contributed by atoms with Crippen LogP contribution in [-0.4, -0.2) is 43.4 Å². The van der Waals surface area contributed by atoms with Crippen molar-refractivity contribution in [3.63, 3.8) is 0 Å². The maximum atomic E-state index is 12.1. The normalized spacial score (nSPS) is 17.1. The first-order valence-corrected chi connectivity index (χ1v) is 7.27. The fourth-order valence-electron chi connectivity index (χ4n) is 2.28. The number of likely N-dealkylation sites (N-methyl/N-ethyl adjacent to an activating group) is 1. The first kappa shape index (κ1) is 16.5. The summed E-state index contributed by atoms with van der Waals surface area (Å²) in [7, 11) is 3.88. The molecule has 1 aliphatic heterocycles. The Hall–Kier alpha value is -2.89. The molecule has 4 amide bonds. The van der Waals surface area contributed by atoms with Crippen molar-refractivity contribution in [2.45, 2.75) is 6.92 Å². The van der Waals surface area contributed by atoms with Gasteiger partial charge in [-0.05, 0) is 24.6 Å². The van der Waals surface area contributed by atoms with Crippen LogP contribution in [0.1, 0.15) is 12.5 Å². The van der Waals surface area contributed by atoms with Crippen LogP contribution in [0.25, 0.3) is 6.08 Å². The summed E-state index contributed by atoms with van der Waals surface area (Å²) in [6, 6.07) is 7.09. The van der Waals surface area contributed by atoms with Gasteiger partial charge in [0.2, 0.25) is 0 Å². The maximum Gasteiger partial charge on any atom is 0.331 e. The predicted octanol–water partition coefficient (Wildman–Crippen LogP) is 1.79. The van der Waals surface area contributed by atoms with Gasteiger partial charge in [0.05, 0.1) is 0 Å². The van der Waals surface area contributed by atoms with Gasteiger partial charge in [-0.15, -0.1) is 0 Å². The van der Waals surface area contributed by atoms with Crippen LogP contribution in [0.4, 0.5) is 10.5 Å². The molecule has 0 aromatic heterocycles. The van der Waals surface area contributed by atoms with Crippen molar-refractivity contribution in [1.82, 2.24) is 10.2 Å². The van der Waals surface area contributed by atoms with Gasteiger partial charge in [0.15, 0.2) is 0 Å². The third kappa shape index (κ3) is 3.48. The summed E-state index contributed by atoms with van der Waals surface area (Å²) in [5, 5.41) is 2.16. The van der Waals surface area contributed by atoms with E-state index < -0.39 is 17.8 Å². The number of hydrogen-bond acceptors (Lipinski definition) is 4. The van der Waals surface area contributed by atoms with Gasteiger partial charge in [-0.3, -0.25) is 19.8 Å². The molecule has 0 radical (unpaired) electrons. The third-order valence-electron chi connectivity index (χ3n) is 3.46. The fraction of sp³-hybridized carbons (Fsp3) is 0.235. The zero-order valence-electron chi connectivity index (χ0n) is 13.4. The van der Waals surface area contributed by atoms with Crippen LogP contribution in [0.3, 0.4) is 0 Å². The highest BCUT2D eigenvalue weighted by Crippen LogP contribution is 2.19. The number of carbonyl (C=O) groups is 3. The van der Waals surface area contributed by atoms with Crippen LogP contribution < -0.4 is 10.2 Å². The van der Waals surface area contributed by atoms with Crippen molar-refractivity contribution in [3.05, 3.63) is 47.6 Å². The number of anilines is 1. The van der Waals surface area contributed by atoms with Crippen molar-refractivity contribution < 1.29 is 14.4 Å². The van der Waals surface area contributed by atoms with Crippen LogP contribution in [-0.2, 0) is 9.59 Å². The zero-order chi connectivity index (χ0) is 17.0. The second-order valence-corrected chi connectivity index (χ2v) is 5.20. The maximum absolute atomic E-state index is 12.1. The summed E-state index contributed by atoms with van der Waals surface area (Å²) in [5.41, 5.74) is 1.93. The number of hydrogen-bond donors (Lipinski definition) is 1. The van der Waals surface area contributed by atoms with E-state index in [1.54, 1.807) is 13.0 Å². The molecule has 0 unspecified atom stereocenters. The van der Waals surface area contributed by atoms with E-state index in [-0.39, 0.29) is 12.1 Å². The molecule has 0 saturated carbocycles. The Kier molecular flexibility index (Phi) is 4.95. The van der Waals surface area contributed by atoms with Crippen molar-refractivity contribution in [1.29, 1.82) is 0 Å². The van der Waals surface area contributed by atoms with Crippen LogP contribution in [0, 0.1) is 0 Å². The summed E-state index contributed by atoms with van der Waals surface area (Å²) in [6.45, 7) is 1.89. The summed E-state index contributed by atoms with van der Waals surface area (Å²) >= 11 is 0. The number of amides is 4. The number of rotatable bonds is 4. The topological polar surface area (TPSA) is 69.7 Å². The lowest BCUT2D eigenvalue weighted by atomic mass is 10.1. The van der Waals surface area contributed by atoms with E-state index >= 15 is 0 Å². The summed E-state index contributed by atoms with van der Waals surface area (Å²) in [5.74, 6) is -1.25. The number of barbiturate groups is 1. The number of imide groups is 2. The highest BCUT2D eigenvalue weighted by Gasteiger charge is 2.34. The Morgan fingerprint density at radius 3 is 2.52 bits per heavy atom. The van der Waals surface area contributed by atoms with E-state index in [4.69, 9.17) is 0 Å². The Morgan fingerprint density at radius 2 is 1.87 bits per heavy atom. The Morgan fingerprint density at radius 1 is 1.17 bits per heavy atom. The van der Waals surface area contributed by atoms with Crippen LogP contribution in [0.2, 0.25) is 0 Å². The molecule has 1 aromatic carbocycles. The summed E-state index contributed by atoms with van der Waals surface area (Å²) in [6.07, 6.45) is 4.88. The van der Waals surface area contributed by atoms with Gasteiger partial charge < -0.3 is 4.90 Å². The van der Waals surface area contributed by atoms with Gasteiger partial charge >= 0.3 is 6.03 Å². The Bertz CT molecular complexity index is 705. The molecule has 1 N–H and O–H groups in total. The van der Waals surface area contributed by atoms with E-state index in [1.807, 2.05) is 49.3 Å². The number of allylic oxidation sites excluding steroid dienone is 2. The molecule has 1 heterocycles. The van der Waals surface area contributed by atoms with Gasteiger partial charge in [-0.25, -0.2) is 4.79 Å². The number of carbonyl (C=O) groups excluding carboxylic acids is 3. The minimum Gasteiger partial charge on any atom is -0.377 e. The van der Waals surface area contributed by atoms with Gasteiger partial charge in [-0.2, -0.15) is 0 Å². The molecule has 1 aliphatic rings. The van der Waals surface area contributed by atoms with Gasteiger partial charge in [0, 0.05) is 26.3 Å².